The van der Waals surface area contributed by atoms with Gasteiger partial charge in [-0.15, -0.1) is 0 Å². The summed E-state index contributed by atoms with van der Waals surface area (Å²) < 4.78 is 27.1. The van der Waals surface area contributed by atoms with Gasteiger partial charge in [0.15, 0.2) is 0 Å². The fraction of sp³-hybridized carbons (Fsp3) is 0.571. The van der Waals surface area contributed by atoms with Crippen LogP contribution in [0.5, 0.6) is 0 Å². The van der Waals surface area contributed by atoms with Gasteiger partial charge in [0.2, 0.25) is 10.0 Å². The lowest BCUT2D eigenvalue weighted by Crippen LogP contribution is -2.30. The first-order valence-electron chi connectivity index (χ1n) is 6.61. The van der Waals surface area contributed by atoms with Gasteiger partial charge in [-0.1, -0.05) is 19.9 Å². The molecule has 1 aromatic carbocycles. The van der Waals surface area contributed by atoms with E-state index in [1.54, 1.807) is 10.4 Å². The Morgan fingerprint density at radius 1 is 1.16 bits per heavy atom. The van der Waals surface area contributed by atoms with Crippen molar-refractivity contribution >= 4 is 15.7 Å². The van der Waals surface area contributed by atoms with Crippen molar-refractivity contribution in [1.82, 2.24) is 4.31 Å². The van der Waals surface area contributed by atoms with Crippen molar-refractivity contribution in [3.05, 3.63) is 23.3 Å². The van der Waals surface area contributed by atoms with Gasteiger partial charge in [0.25, 0.3) is 0 Å². The Kier molecular flexibility index (Phi) is 3.62. The molecule has 0 spiro atoms. The first kappa shape index (κ1) is 14.3. The van der Waals surface area contributed by atoms with Crippen LogP contribution in [0.1, 0.15) is 25.0 Å². The first-order chi connectivity index (χ1) is 8.75. The monoisotopic (exact) mass is 282 g/mol. The molecule has 2 unspecified atom stereocenters. The topological polar surface area (TPSA) is 63.4 Å². The average molecular weight is 282 g/mol. The third-order valence-electron chi connectivity index (χ3n) is 4.26. The highest BCUT2D eigenvalue weighted by molar-refractivity contribution is 7.89. The predicted octanol–water partition coefficient (Wildman–Crippen LogP) is 2.16. The van der Waals surface area contributed by atoms with Crippen molar-refractivity contribution in [2.75, 3.05) is 18.8 Å². The summed E-state index contributed by atoms with van der Waals surface area (Å²) >= 11 is 0. The summed E-state index contributed by atoms with van der Waals surface area (Å²) in [5.74, 6) is 0.780. The van der Waals surface area contributed by atoms with Crippen LogP contribution in [0.15, 0.2) is 17.0 Å². The van der Waals surface area contributed by atoms with E-state index in [0.717, 1.165) is 11.1 Å². The molecule has 2 N–H and O–H groups in total. The quantitative estimate of drug-likeness (QED) is 0.845. The van der Waals surface area contributed by atoms with Crippen molar-refractivity contribution in [1.29, 1.82) is 0 Å². The van der Waals surface area contributed by atoms with E-state index in [2.05, 4.69) is 13.8 Å². The standard InChI is InChI=1S/C14H22N2O2S/c1-9-5-6-13(15)14(12(9)4)19(17,18)16-7-10(2)11(3)8-16/h5-6,10-11H,7-8,15H2,1-4H3. The molecule has 4 nitrogen and oxygen atoms in total. The van der Waals surface area contributed by atoms with Gasteiger partial charge in [-0.2, -0.15) is 4.31 Å². The smallest absolute Gasteiger partial charge is 0.245 e. The van der Waals surface area contributed by atoms with Crippen LogP contribution in [-0.4, -0.2) is 25.8 Å². The van der Waals surface area contributed by atoms with Crippen LogP contribution >= 0.6 is 0 Å². The Labute approximate surface area is 115 Å². The minimum Gasteiger partial charge on any atom is -0.398 e. The molecule has 1 aliphatic rings. The molecular weight excluding hydrogens is 260 g/mol. The van der Waals surface area contributed by atoms with Gasteiger partial charge in [-0.3, -0.25) is 0 Å². The maximum Gasteiger partial charge on any atom is 0.245 e. The van der Waals surface area contributed by atoms with E-state index in [9.17, 15) is 8.42 Å². The van der Waals surface area contributed by atoms with Crippen LogP contribution in [0, 0.1) is 25.7 Å². The number of anilines is 1. The second kappa shape index (κ2) is 4.80. The molecule has 19 heavy (non-hydrogen) atoms. The number of hydrogen-bond acceptors (Lipinski definition) is 3. The first-order valence-corrected chi connectivity index (χ1v) is 8.05. The van der Waals surface area contributed by atoms with Gasteiger partial charge in [0.1, 0.15) is 4.90 Å². The Morgan fingerprint density at radius 2 is 1.68 bits per heavy atom. The summed E-state index contributed by atoms with van der Waals surface area (Å²) in [6.07, 6.45) is 0. The van der Waals surface area contributed by atoms with Gasteiger partial charge >= 0.3 is 0 Å². The predicted molar refractivity (Wildman–Crippen MR) is 77.4 cm³/mol. The second-order valence-electron chi connectivity index (χ2n) is 5.70. The number of nitrogens with two attached hydrogens (primary N) is 1. The van der Waals surface area contributed by atoms with E-state index in [1.165, 1.54) is 0 Å². The van der Waals surface area contributed by atoms with Crippen molar-refractivity contribution in [2.45, 2.75) is 32.6 Å². The highest BCUT2D eigenvalue weighted by Crippen LogP contribution is 2.33. The Bertz CT molecular complexity index is 586. The highest BCUT2D eigenvalue weighted by atomic mass is 32.2. The molecule has 0 aliphatic carbocycles. The van der Waals surface area contributed by atoms with E-state index in [1.807, 2.05) is 19.9 Å². The molecule has 1 aliphatic heterocycles. The van der Waals surface area contributed by atoms with E-state index in [4.69, 9.17) is 5.73 Å². The van der Waals surface area contributed by atoms with Crippen LogP contribution in [0.4, 0.5) is 5.69 Å². The van der Waals surface area contributed by atoms with Gasteiger partial charge in [-0.05, 0) is 42.9 Å². The molecule has 0 saturated carbocycles. The van der Waals surface area contributed by atoms with Crippen LogP contribution in [0.2, 0.25) is 0 Å². The molecule has 106 valence electrons. The SMILES string of the molecule is Cc1ccc(N)c(S(=O)(=O)N2CC(C)C(C)C2)c1C. The van der Waals surface area contributed by atoms with Crippen LogP contribution in [0.25, 0.3) is 0 Å². The van der Waals surface area contributed by atoms with Crippen LogP contribution < -0.4 is 5.73 Å². The number of sulfonamides is 1. The third kappa shape index (κ3) is 2.37. The Balaban J connectivity index is 2.50. The fourth-order valence-electron chi connectivity index (χ4n) is 2.56. The van der Waals surface area contributed by atoms with Crippen molar-refractivity contribution < 1.29 is 8.42 Å². The van der Waals surface area contributed by atoms with Crippen molar-refractivity contribution in [3.63, 3.8) is 0 Å². The molecule has 1 heterocycles. The fourth-order valence-corrected chi connectivity index (χ4v) is 4.59. The third-order valence-corrected chi connectivity index (χ3v) is 6.30. The van der Waals surface area contributed by atoms with E-state index >= 15 is 0 Å². The van der Waals surface area contributed by atoms with Crippen LogP contribution in [-0.2, 0) is 10.0 Å². The van der Waals surface area contributed by atoms with E-state index < -0.39 is 10.0 Å². The summed E-state index contributed by atoms with van der Waals surface area (Å²) in [4.78, 5) is 0.286. The molecule has 0 aromatic heterocycles. The summed E-state index contributed by atoms with van der Waals surface area (Å²) in [6, 6.07) is 3.54. The van der Waals surface area contributed by atoms with Gasteiger partial charge < -0.3 is 5.73 Å². The summed E-state index contributed by atoms with van der Waals surface area (Å²) in [5.41, 5.74) is 7.96. The number of aryl methyl sites for hydroxylation is 1. The summed E-state index contributed by atoms with van der Waals surface area (Å²) in [7, 11) is -3.48. The molecule has 1 saturated heterocycles. The molecule has 5 heteroatoms. The lowest BCUT2D eigenvalue weighted by Gasteiger charge is -2.20. The minimum atomic E-state index is -3.48. The minimum absolute atomic E-state index is 0.286. The summed E-state index contributed by atoms with van der Waals surface area (Å²) in [5, 5.41) is 0. The Hall–Kier alpha value is -1.07. The molecular formula is C14H22N2O2S. The Morgan fingerprint density at radius 3 is 2.21 bits per heavy atom. The zero-order chi connectivity index (χ0) is 14.4. The average Bonchev–Trinajstić information content (AvgIpc) is 2.65. The maximum absolute atomic E-state index is 12.8. The number of hydrogen-bond donors (Lipinski definition) is 1. The van der Waals surface area contributed by atoms with E-state index in [0.29, 0.717) is 30.6 Å². The molecule has 0 radical (unpaired) electrons. The lowest BCUT2D eigenvalue weighted by molar-refractivity contribution is 0.463. The normalized spacial score (nSPS) is 24.8. The molecule has 2 atom stereocenters. The molecule has 1 aromatic rings. The number of benzene rings is 1. The van der Waals surface area contributed by atoms with Gasteiger partial charge in [-0.25, -0.2) is 8.42 Å². The number of nitrogen functional groups attached to an aromatic ring is 1. The van der Waals surface area contributed by atoms with Crippen molar-refractivity contribution in [2.24, 2.45) is 11.8 Å². The molecule has 1 fully saturated rings. The largest absolute Gasteiger partial charge is 0.398 e. The van der Waals surface area contributed by atoms with Crippen LogP contribution in [0.3, 0.4) is 0 Å². The highest BCUT2D eigenvalue weighted by Gasteiger charge is 2.36. The molecule has 0 bridgehead atoms. The second-order valence-corrected chi connectivity index (χ2v) is 7.58. The zero-order valence-corrected chi connectivity index (χ0v) is 12.8. The number of nitrogens with zero attached hydrogens (tertiary/aromatic N) is 1. The van der Waals surface area contributed by atoms with Gasteiger partial charge in [0, 0.05) is 13.1 Å². The summed E-state index contributed by atoms with van der Waals surface area (Å²) in [6.45, 7) is 9.07. The maximum atomic E-state index is 12.8. The van der Waals surface area contributed by atoms with E-state index in [-0.39, 0.29) is 4.90 Å². The lowest BCUT2D eigenvalue weighted by atomic mass is 10.0. The molecule has 0 amide bonds. The molecule has 2 rings (SSSR count). The van der Waals surface area contributed by atoms with Crippen molar-refractivity contribution in [3.8, 4) is 0 Å². The van der Waals surface area contributed by atoms with Gasteiger partial charge in [0.05, 0.1) is 5.69 Å². The zero-order valence-electron chi connectivity index (χ0n) is 12.0. The number of rotatable bonds is 2.